The number of carbonyl (C=O) groups is 1. The van der Waals surface area contributed by atoms with Crippen LogP contribution in [0.4, 0.5) is 5.69 Å². The smallest absolute Gasteiger partial charge is 0.238 e. The largest absolute Gasteiger partial charge is 0.325 e. The predicted molar refractivity (Wildman–Crippen MR) is 91.0 cm³/mol. The van der Waals surface area contributed by atoms with E-state index in [2.05, 4.69) is 10.3 Å². The molecule has 0 saturated carbocycles. The second kappa shape index (κ2) is 7.31. The van der Waals surface area contributed by atoms with Crippen molar-refractivity contribution < 1.29 is 13.2 Å². The van der Waals surface area contributed by atoms with E-state index in [-0.39, 0.29) is 10.8 Å². The van der Waals surface area contributed by atoms with Crippen LogP contribution in [0.25, 0.3) is 0 Å². The van der Waals surface area contributed by atoms with Crippen molar-refractivity contribution in [1.29, 1.82) is 0 Å². The lowest BCUT2D eigenvalue weighted by Gasteiger charge is -2.12. The van der Waals surface area contributed by atoms with Crippen LogP contribution in [-0.4, -0.2) is 24.6 Å². The van der Waals surface area contributed by atoms with E-state index in [1.165, 1.54) is 30.0 Å². The number of aromatic nitrogens is 1. The van der Waals surface area contributed by atoms with Crippen LogP contribution in [0.15, 0.2) is 52.5 Å². The summed E-state index contributed by atoms with van der Waals surface area (Å²) in [5, 5.41) is 8.26. The minimum absolute atomic E-state index is 0.0663. The zero-order valence-corrected chi connectivity index (χ0v) is 14.5. The summed E-state index contributed by atoms with van der Waals surface area (Å²) in [5.74, 6) is -0.303. The van der Waals surface area contributed by atoms with E-state index < -0.39 is 15.3 Å². The van der Waals surface area contributed by atoms with Gasteiger partial charge < -0.3 is 5.32 Å². The van der Waals surface area contributed by atoms with Crippen molar-refractivity contribution in [3.63, 3.8) is 0 Å². The third-order valence-electron chi connectivity index (χ3n) is 2.81. The van der Waals surface area contributed by atoms with E-state index in [9.17, 15) is 13.2 Å². The summed E-state index contributed by atoms with van der Waals surface area (Å²) in [4.78, 5) is 16.2. The van der Waals surface area contributed by atoms with Crippen LogP contribution in [0.5, 0.6) is 0 Å². The van der Waals surface area contributed by atoms with Gasteiger partial charge in [-0.1, -0.05) is 29.4 Å². The van der Waals surface area contributed by atoms with Crippen molar-refractivity contribution in [2.24, 2.45) is 5.14 Å². The summed E-state index contributed by atoms with van der Waals surface area (Å²) in [6.07, 6.45) is 1.59. The molecule has 0 aliphatic rings. The Balaban J connectivity index is 2.08. The van der Waals surface area contributed by atoms with Gasteiger partial charge in [0, 0.05) is 11.9 Å². The summed E-state index contributed by atoms with van der Waals surface area (Å²) in [6, 6.07) is 9.14. The Hall–Kier alpha value is -1.61. The summed E-state index contributed by atoms with van der Waals surface area (Å²) < 4.78 is 22.6. The molecule has 2 aromatic rings. The van der Waals surface area contributed by atoms with Gasteiger partial charge in [-0.25, -0.2) is 18.5 Å². The molecule has 122 valence electrons. The lowest BCUT2D eigenvalue weighted by molar-refractivity contribution is -0.115. The number of rotatable bonds is 5. The Morgan fingerprint density at radius 1 is 1.35 bits per heavy atom. The number of halogens is 1. The van der Waals surface area contributed by atoms with Crippen LogP contribution in [0.2, 0.25) is 5.02 Å². The highest BCUT2D eigenvalue weighted by Crippen LogP contribution is 2.28. The van der Waals surface area contributed by atoms with Crippen LogP contribution >= 0.6 is 23.4 Å². The Kier molecular flexibility index (Phi) is 5.64. The van der Waals surface area contributed by atoms with Gasteiger partial charge in [-0.05, 0) is 37.3 Å². The van der Waals surface area contributed by atoms with E-state index in [0.717, 1.165) is 0 Å². The van der Waals surface area contributed by atoms with E-state index in [4.69, 9.17) is 16.7 Å². The molecule has 1 amide bonds. The lowest BCUT2D eigenvalue weighted by atomic mass is 10.3. The fraction of sp³-hybridized carbons (Fsp3) is 0.143. The van der Waals surface area contributed by atoms with Crippen molar-refractivity contribution in [2.45, 2.75) is 22.1 Å². The second-order valence-electron chi connectivity index (χ2n) is 4.61. The summed E-state index contributed by atoms with van der Waals surface area (Å²) in [7, 11) is -3.82. The fourth-order valence-corrected chi connectivity index (χ4v) is 3.29. The Bertz CT molecular complexity index is 828. The van der Waals surface area contributed by atoms with Crippen LogP contribution in [0, 0.1) is 0 Å². The first-order chi connectivity index (χ1) is 10.8. The van der Waals surface area contributed by atoms with Crippen LogP contribution in [0.1, 0.15) is 6.92 Å². The standard InChI is InChI=1S/C14H14ClN3O3S2/c1-9(22-14-12(15)6-3-7-17-14)13(19)18-10-4-2-5-11(8-10)23(16,20)21/h2-9H,1H3,(H,18,19)(H2,16,20,21)/t9-/m1/s1. The van der Waals surface area contributed by atoms with Gasteiger partial charge in [-0.3, -0.25) is 4.79 Å². The van der Waals surface area contributed by atoms with Crippen molar-refractivity contribution in [1.82, 2.24) is 4.98 Å². The molecule has 1 aromatic carbocycles. The molecule has 0 bridgehead atoms. The number of anilines is 1. The number of pyridine rings is 1. The molecular formula is C14H14ClN3O3S2. The molecule has 0 radical (unpaired) electrons. The maximum atomic E-state index is 12.2. The van der Waals surface area contributed by atoms with Gasteiger partial charge in [0.05, 0.1) is 15.2 Å². The normalized spacial score (nSPS) is 12.7. The molecule has 1 heterocycles. The number of sulfonamides is 1. The minimum atomic E-state index is -3.82. The first-order valence-electron chi connectivity index (χ1n) is 6.48. The third kappa shape index (κ3) is 4.93. The van der Waals surface area contributed by atoms with Crippen molar-refractivity contribution in [2.75, 3.05) is 5.32 Å². The predicted octanol–water partition coefficient (Wildman–Crippen LogP) is 2.50. The van der Waals surface area contributed by atoms with Crippen molar-refractivity contribution >= 4 is 45.0 Å². The van der Waals surface area contributed by atoms with Crippen molar-refractivity contribution in [3.05, 3.63) is 47.6 Å². The maximum Gasteiger partial charge on any atom is 0.238 e. The van der Waals surface area contributed by atoms with Gasteiger partial charge in [0.1, 0.15) is 5.03 Å². The number of thioether (sulfide) groups is 1. The van der Waals surface area contributed by atoms with E-state index in [1.54, 1.807) is 31.3 Å². The van der Waals surface area contributed by atoms with Crippen molar-refractivity contribution in [3.8, 4) is 0 Å². The number of nitrogens with one attached hydrogen (secondary N) is 1. The number of hydrogen-bond donors (Lipinski definition) is 2. The molecule has 0 fully saturated rings. The van der Waals surface area contributed by atoms with Gasteiger partial charge in [0.2, 0.25) is 15.9 Å². The summed E-state index contributed by atoms with van der Waals surface area (Å²) in [5.41, 5.74) is 0.348. The van der Waals surface area contributed by atoms with Crippen LogP contribution < -0.4 is 10.5 Å². The zero-order chi connectivity index (χ0) is 17.0. The molecule has 0 unspecified atom stereocenters. The highest BCUT2D eigenvalue weighted by atomic mass is 35.5. The maximum absolute atomic E-state index is 12.2. The molecular weight excluding hydrogens is 358 g/mol. The Morgan fingerprint density at radius 2 is 2.09 bits per heavy atom. The number of hydrogen-bond acceptors (Lipinski definition) is 5. The average molecular weight is 372 g/mol. The second-order valence-corrected chi connectivity index (χ2v) is 7.91. The van der Waals surface area contributed by atoms with Gasteiger partial charge in [-0.15, -0.1) is 0 Å². The van der Waals surface area contributed by atoms with E-state index >= 15 is 0 Å². The monoisotopic (exact) mass is 371 g/mol. The Labute approximate surface area is 143 Å². The topological polar surface area (TPSA) is 102 Å². The SMILES string of the molecule is C[C@@H](Sc1ncccc1Cl)C(=O)Nc1cccc(S(N)(=O)=O)c1. The summed E-state index contributed by atoms with van der Waals surface area (Å²) >= 11 is 7.22. The lowest BCUT2D eigenvalue weighted by Crippen LogP contribution is -2.23. The van der Waals surface area contributed by atoms with Gasteiger partial charge in [0.25, 0.3) is 0 Å². The van der Waals surface area contributed by atoms with E-state index in [1.807, 2.05) is 0 Å². The first kappa shape index (κ1) is 17.7. The number of primary sulfonamides is 1. The molecule has 1 atom stereocenters. The molecule has 0 saturated heterocycles. The molecule has 0 aliphatic heterocycles. The number of benzene rings is 1. The molecule has 1 aromatic heterocycles. The number of amides is 1. The zero-order valence-electron chi connectivity index (χ0n) is 12.1. The number of nitrogens with zero attached hydrogens (tertiary/aromatic N) is 1. The summed E-state index contributed by atoms with van der Waals surface area (Å²) in [6.45, 7) is 1.70. The van der Waals surface area contributed by atoms with E-state index in [0.29, 0.717) is 15.7 Å². The average Bonchev–Trinajstić information content (AvgIpc) is 2.49. The molecule has 2 rings (SSSR count). The number of carbonyl (C=O) groups excluding carboxylic acids is 1. The highest BCUT2D eigenvalue weighted by molar-refractivity contribution is 8.00. The molecule has 0 spiro atoms. The van der Waals surface area contributed by atoms with Gasteiger partial charge in [0.15, 0.2) is 0 Å². The molecule has 9 heteroatoms. The molecule has 6 nitrogen and oxygen atoms in total. The molecule has 23 heavy (non-hydrogen) atoms. The first-order valence-corrected chi connectivity index (χ1v) is 9.28. The Morgan fingerprint density at radius 3 is 2.74 bits per heavy atom. The minimum Gasteiger partial charge on any atom is -0.325 e. The quantitative estimate of drug-likeness (QED) is 0.786. The molecule has 0 aliphatic carbocycles. The third-order valence-corrected chi connectivity index (χ3v) is 5.26. The van der Waals surface area contributed by atoms with Gasteiger partial charge >= 0.3 is 0 Å². The molecule has 3 N–H and O–H groups in total. The number of nitrogens with two attached hydrogens (primary N) is 1. The van der Waals surface area contributed by atoms with Crippen LogP contribution in [0.3, 0.4) is 0 Å². The highest BCUT2D eigenvalue weighted by Gasteiger charge is 2.17. The fourth-order valence-electron chi connectivity index (χ4n) is 1.67. The van der Waals surface area contributed by atoms with Crippen LogP contribution in [-0.2, 0) is 14.8 Å². The van der Waals surface area contributed by atoms with Gasteiger partial charge in [-0.2, -0.15) is 0 Å².